The minimum atomic E-state index is -2.92. The third-order valence-electron chi connectivity index (χ3n) is 4.23. The van der Waals surface area contributed by atoms with E-state index in [1.54, 1.807) is 0 Å². The molecular formula is C19H22N3OP. The van der Waals surface area contributed by atoms with E-state index in [9.17, 15) is 4.57 Å². The van der Waals surface area contributed by atoms with Crippen LogP contribution in [0.1, 0.15) is 11.4 Å². The van der Waals surface area contributed by atoms with Crippen molar-refractivity contribution in [3.8, 4) is 5.69 Å². The maximum absolute atomic E-state index is 14.1. The van der Waals surface area contributed by atoms with Crippen LogP contribution in [0.15, 0.2) is 60.7 Å². The van der Waals surface area contributed by atoms with Crippen LogP contribution in [0.25, 0.3) is 5.69 Å². The lowest BCUT2D eigenvalue weighted by molar-refractivity contribution is 0.533. The number of benzene rings is 2. The van der Waals surface area contributed by atoms with E-state index >= 15 is 0 Å². The summed E-state index contributed by atoms with van der Waals surface area (Å²) in [6, 6.07) is 19.6. The van der Waals surface area contributed by atoms with E-state index in [-0.39, 0.29) is 0 Å². The Kier molecular flexibility index (Phi) is 4.44. The van der Waals surface area contributed by atoms with E-state index in [0.29, 0.717) is 0 Å². The summed E-state index contributed by atoms with van der Waals surface area (Å²) in [5.41, 5.74) is 2.69. The summed E-state index contributed by atoms with van der Waals surface area (Å²) >= 11 is 0. The van der Waals surface area contributed by atoms with E-state index < -0.39 is 7.29 Å². The van der Waals surface area contributed by atoms with Crippen molar-refractivity contribution in [3.05, 3.63) is 72.1 Å². The number of aryl methyl sites for hydroxylation is 1. The lowest BCUT2D eigenvalue weighted by atomic mass is 10.3. The molecule has 0 unspecified atom stereocenters. The third-order valence-corrected chi connectivity index (χ3v) is 7.60. The molecule has 0 saturated carbocycles. The summed E-state index contributed by atoms with van der Waals surface area (Å²) < 4.78 is 17.8. The van der Waals surface area contributed by atoms with Gasteiger partial charge in [-0.3, -0.25) is 9.24 Å². The van der Waals surface area contributed by atoms with E-state index in [1.807, 2.05) is 98.0 Å². The Morgan fingerprint density at radius 3 is 2.00 bits per heavy atom. The van der Waals surface area contributed by atoms with Crippen molar-refractivity contribution in [2.75, 3.05) is 14.1 Å². The Morgan fingerprint density at radius 1 is 0.917 bits per heavy atom. The van der Waals surface area contributed by atoms with Gasteiger partial charge in [0.05, 0.1) is 22.4 Å². The van der Waals surface area contributed by atoms with Crippen LogP contribution in [0.2, 0.25) is 0 Å². The zero-order valence-corrected chi connectivity index (χ0v) is 15.4. The predicted octanol–water partition coefficient (Wildman–Crippen LogP) is 3.28. The Morgan fingerprint density at radius 2 is 1.46 bits per heavy atom. The maximum Gasteiger partial charge on any atom is 0.210 e. The van der Waals surface area contributed by atoms with Gasteiger partial charge in [-0.1, -0.05) is 36.4 Å². The molecule has 0 N–H and O–H groups in total. The number of hydrogen-bond donors (Lipinski definition) is 0. The Labute approximate surface area is 143 Å². The van der Waals surface area contributed by atoms with E-state index in [4.69, 9.17) is 0 Å². The Hall–Kier alpha value is -2.16. The molecule has 0 saturated heterocycles. The van der Waals surface area contributed by atoms with Gasteiger partial charge < -0.3 is 0 Å². The summed E-state index contributed by atoms with van der Waals surface area (Å²) in [5.74, 6) is 0. The second kappa shape index (κ2) is 6.39. The second-order valence-electron chi connectivity index (χ2n) is 6.03. The molecule has 0 radical (unpaired) electrons. The molecule has 1 aromatic heterocycles. The minimum Gasteiger partial charge on any atom is -0.296 e. The first-order valence-electron chi connectivity index (χ1n) is 7.92. The van der Waals surface area contributed by atoms with Crippen molar-refractivity contribution in [3.63, 3.8) is 0 Å². The molecule has 4 nitrogen and oxygen atoms in total. The zero-order chi connectivity index (χ0) is 17.3. The van der Waals surface area contributed by atoms with Crippen molar-refractivity contribution >= 4 is 17.9 Å². The molecule has 2 aromatic carbocycles. The summed E-state index contributed by atoms with van der Waals surface area (Å²) in [6.45, 7) is 3.92. The fraction of sp³-hybridized carbons (Fsp3) is 0.211. The SMILES string of the molecule is Cc1nn(-c2ccccc2)c(C)c1[P@@](=O)(c1ccccc1)N(C)C. The van der Waals surface area contributed by atoms with Gasteiger partial charge in [0, 0.05) is 5.30 Å². The fourth-order valence-electron chi connectivity index (χ4n) is 3.08. The zero-order valence-electron chi connectivity index (χ0n) is 14.5. The summed E-state index contributed by atoms with van der Waals surface area (Å²) in [7, 11) is 0.814. The average Bonchev–Trinajstić information content (AvgIpc) is 2.90. The lowest BCUT2D eigenvalue weighted by Gasteiger charge is -2.26. The molecule has 3 aromatic rings. The van der Waals surface area contributed by atoms with E-state index in [2.05, 4.69) is 5.10 Å². The number of rotatable bonds is 4. The first kappa shape index (κ1) is 16.7. The van der Waals surface area contributed by atoms with E-state index in [1.165, 1.54) is 0 Å². The molecule has 1 atom stereocenters. The van der Waals surface area contributed by atoms with Gasteiger partial charge in [-0.15, -0.1) is 0 Å². The highest BCUT2D eigenvalue weighted by Gasteiger charge is 2.35. The normalized spacial score (nSPS) is 13.9. The van der Waals surface area contributed by atoms with Crippen LogP contribution in [-0.2, 0) is 4.57 Å². The molecule has 124 valence electrons. The first-order valence-corrected chi connectivity index (χ1v) is 9.58. The van der Waals surface area contributed by atoms with Crippen molar-refractivity contribution in [2.24, 2.45) is 0 Å². The smallest absolute Gasteiger partial charge is 0.210 e. The predicted molar refractivity (Wildman–Crippen MR) is 100 cm³/mol. The molecule has 3 rings (SSSR count). The van der Waals surface area contributed by atoms with Crippen molar-refractivity contribution in [2.45, 2.75) is 13.8 Å². The maximum atomic E-state index is 14.1. The Balaban J connectivity index is 2.25. The highest BCUT2D eigenvalue weighted by atomic mass is 31.2. The van der Waals surface area contributed by atoms with Crippen molar-refractivity contribution in [1.29, 1.82) is 0 Å². The highest BCUT2D eigenvalue weighted by Crippen LogP contribution is 2.47. The van der Waals surface area contributed by atoms with Gasteiger partial charge >= 0.3 is 0 Å². The van der Waals surface area contributed by atoms with Crippen LogP contribution in [0.3, 0.4) is 0 Å². The van der Waals surface area contributed by atoms with Gasteiger partial charge in [0.1, 0.15) is 0 Å². The van der Waals surface area contributed by atoms with Crippen LogP contribution in [0.4, 0.5) is 0 Å². The van der Waals surface area contributed by atoms with Crippen LogP contribution in [-0.4, -0.2) is 28.5 Å². The highest BCUT2D eigenvalue weighted by molar-refractivity contribution is 7.76. The fourth-order valence-corrected chi connectivity index (χ4v) is 5.80. The third kappa shape index (κ3) is 2.62. The molecule has 0 aliphatic rings. The summed E-state index contributed by atoms with van der Waals surface area (Å²) in [5, 5.41) is 6.32. The number of aromatic nitrogens is 2. The standard InChI is InChI=1S/C19H22N3OP/c1-15-19(16(2)22(20-15)17-11-7-5-8-12-17)24(23,21(3)4)18-13-9-6-10-14-18/h5-14H,1-4H3/t24-/m0/s1. The average molecular weight is 339 g/mol. The van der Waals surface area contributed by atoms with E-state index in [0.717, 1.165) is 27.7 Å². The molecule has 0 aliphatic heterocycles. The number of nitrogens with zero attached hydrogens (tertiary/aromatic N) is 3. The second-order valence-corrected chi connectivity index (χ2v) is 8.94. The first-order chi connectivity index (χ1) is 11.5. The molecule has 0 amide bonds. The van der Waals surface area contributed by atoms with Crippen molar-refractivity contribution in [1.82, 2.24) is 14.5 Å². The minimum absolute atomic E-state index is 0.803. The monoisotopic (exact) mass is 339 g/mol. The van der Waals surface area contributed by atoms with Crippen LogP contribution >= 0.6 is 7.29 Å². The Bertz CT molecular complexity index is 886. The molecular weight excluding hydrogens is 317 g/mol. The quantitative estimate of drug-likeness (QED) is 0.685. The van der Waals surface area contributed by atoms with Gasteiger partial charge in [-0.25, -0.2) is 4.68 Å². The summed E-state index contributed by atoms with van der Waals surface area (Å²) in [6.07, 6.45) is 0. The number of para-hydroxylation sites is 1. The van der Waals surface area contributed by atoms with Gasteiger partial charge in [0.2, 0.25) is 7.29 Å². The molecule has 5 heteroatoms. The largest absolute Gasteiger partial charge is 0.296 e. The molecule has 0 fully saturated rings. The lowest BCUT2D eigenvalue weighted by Crippen LogP contribution is -2.29. The molecule has 24 heavy (non-hydrogen) atoms. The van der Waals surface area contributed by atoms with Gasteiger partial charge in [-0.2, -0.15) is 5.10 Å². The molecule has 0 spiro atoms. The van der Waals surface area contributed by atoms with Gasteiger partial charge in [-0.05, 0) is 52.2 Å². The van der Waals surface area contributed by atoms with Crippen molar-refractivity contribution < 1.29 is 4.57 Å². The molecule has 1 heterocycles. The van der Waals surface area contributed by atoms with Crippen LogP contribution in [0, 0.1) is 13.8 Å². The van der Waals surface area contributed by atoms with Crippen LogP contribution in [0.5, 0.6) is 0 Å². The van der Waals surface area contributed by atoms with Gasteiger partial charge in [0.15, 0.2) is 0 Å². The topological polar surface area (TPSA) is 38.1 Å². The number of hydrogen-bond acceptors (Lipinski definition) is 2. The molecule has 0 bridgehead atoms. The summed E-state index contributed by atoms with van der Waals surface area (Å²) in [4.78, 5) is 0. The molecule has 0 aliphatic carbocycles. The van der Waals surface area contributed by atoms with Gasteiger partial charge in [0.25, 0.3) is 0 Å². The van der Waals surface area contributed by atoms with Crippen LogP contribution < -0.4 is 10.6 Å².